The van der Waals surface area contributed by atoms with Gasteiger partial charge in [-0.1, -0.05) is 164 Å². The van der Waals surface area contributed by atoms with Crippen molar-refractivity contribution >= 4 is 17.2 Å². The van der Waals surface area contributed by atoms with E-state index in [1.165, 1.54) is 50.2 Å². The van der Waals surface area contributed by atoms with E-state index in [0.29, 0.717) is 12.1 Å². The number of nitrogens with zero attached hydrogens (tertiary/aromatic N) is 3. The number of hydrogen-bond donors (Lipinski definition) is 1. The van der Waals surface area contributed by atoms with Crippen LogP contribution < -0.4 is 5.32 Å². The maximum atomic E-state index is 7.63. The fourth-order valence-electron chi connectivity index (χ4n) is 12.5. The molecule has 3 heterocycles. The van der Waals surface area contributed by atoms with Crippen molar-refractivity contribution in [3.63, 3.8) is 0 Å². The Balaban J connectivity index is 0.974. The lowest BCUT2D eigenvalue weighted by molar-refractivity contribution is 0.00423. The van der Waals surface area contributed by atoms with E-state index in [2.05, 4.69) is 201 Å². The molecular weight excluding hydrogens is 793 g/mol. The van der Waals surface area contributed by atoms with Gasteiger partial charge in [0.2, 0.25) is 0 Å². The molecule has 1 saturated heterocycles. The third kappa shape index (κ3) is 6.80. The Morgan fingerprint density at radius 3 is 2.35 bits per heavy atom. The monoisotopic (exact) mass is 850 g/mol. The average molecular weight is 851 g/mol. The first kappa shape index (κ1) is 40.1. The van der Waals surface area contributed by atoms with Gasteiger partial charge in [0, 0.05) is 52.0 Å². The van der Waals surface area contributed by atoms with Gasteiger partial charge in [-0.3, -0.25) is 0 Å². The highest BCUT2D eigenvalue weighted by Crippen LogP contribution is 2.65. The summed E-state index contributed by atoms with van der Waals surface area (Å²) >= 11 is 0. The van der Waals surface area contributed by atoms with E-state index in [0.717, 1.165) is 73.5 Å². The molecule has 65 heavy (non-hydrogen) atoms. The molecule has 3 aromatic rings. The van der Waals surface area contributed by atoms with Crippen molar-refractivity contribution in [1.29, 1.82) is 0 Å². The van der Waals surface area contributed by atoms with Crippen molar-refractivity contribution in [3.8, 4) is 11.1 Å². The highest BCUT2D eigenvalue weighted by Gasteiger charge is 2.63. The summed E-state index contributed by atoms with van der Waals surface area (Å²) in [6.45, 7) is 7.02. The van der Waals surface area contributed by atoms with Crippen LogP contribution in [0.1, 0.15) is 92.5 Å². The number of ether oxygens (including phenoxy) is 1. The molecule has 0 saturated carbocycles. The van der Waals surface area contributed by atoms with Gasteiger partial charge < -0.3 is 15.0 Å². The summed E-state index contributed by atoms with van der Waals surface area (Å²) in [6, 6.07) is 25.7. The first-order valence-corrected chi connectivity index (χ1v) is 24.1. The van der Waals surface area contributed by atoms with Gasteiger partial charge in [-0.25, -0.2) is 9.98 Å². The number of amidine groups is 2. The second-order valence-corrected chi connectivity index (χ2v) is 19.9. The Hall–Kier alpha value is -6.46. The van der Waals surface area contributed by atoms with E-state index in [1.807, 2.05) is 0 Å². The fourth-order valence-corrected chi connectivity index (χ4v) is 12.5. The van der Waals surface area contributed by atoms with E-state index in [4.69, 9.17) is 14.7 Å². The topological polar surface area (TPSA) is 49.2 Å². The Bertz CT molecular complexity index is 2890. The summed E-state index contributed by atoms with van der Waals surface area (Å²) in [6.07, 6.45) is 45.9. The van der Waals surface area contributed by atoms with Crippen LogP contribution in [0.2, 0.25) is 0 Å². The van der Waals surface area contributed by atoms with Gasteiger partial charge in [-0.15, -0.1) is 0 Å². The van der Waals surface area contributed by atoms with Crippen LogP contribution in [-0.2, 0) is 4.74 Å². The zero-order valence-electron chi connectivity index (χ0n) is 37.8. The third-order valence-electron chi connectivity index (χ3n) is 15.9. The minimum absolute atomic E-state index is 0.0690. The molecule has 0 aromatic heterocycles. The van der Waals surface area contributed by atoms with Crippen molar-refractivity contribution in [2.24, 2.45) is 27.2 Å². The van der Waals surface area contributed by atoms with Gasteiger partial charge in [0.15, 0.2) is 5.84 Å². The van der Waals surface area contributed by atoms with Crippen LogP contribution >= 0.6 is 0 Å². The summed E-state index contributed by atoms with van der Waals surface area (Å²) in [5, 5.41) is 3.95. The second-order valence-electron chi connectivity index (χ2n) is 19.9. The van der Waals surface area contributed by atoms with E-state index in [-0.39, 0.29) is 29.3 Å². The van der Waals surface area contributed by atoms with Crippen LogP contribution in [-0.4, -0.2) is 40.4 Å². The highest BCUT2D eigenvalue weighted by atomic mass is 16.5. The first-order chi connectivity index (χ1) is 31.8. The molecule has 6 aliphatic carbocycles. The van der Waals surface area contributed by atoms with Gasteiger partial charge in [-0.05, 0) is 104 Å². The molecule has 1 N–H and O–H groups in total. The van der Waals surface area contributed by atoms with Crippen molar-refractivity contribution in [1.82, 2.24) is 10.2 Å². The van der Waals surface area contributed by atoms with Crippen LogP contribution in [0.4, 0.5) is 0 Å². The quantitative estimate of drug-likeness (QED) is 0.241. The second kappa shape index (κ2) is 15.9. The number of fused-ring (bicyclic) bond motifs is 5. The largest absolute Gasteiger partial charge is 0.490 e. The Kier molecular flexibility index (Phi) is 9.81. The normalized spacial score (nSPS) is 31.5. The molecule has 0 radical (unpaired) electrons. The molecule has 3 aliphatic heterocycles. The van der Waals surface area contributed by atoms with E-state index < -0.39 is 5.60 Å². The minimum atomic E-state index is -0.496. The average Bonchev–Trinajstić information content (AvgIpc) is 3.80. The number of allylic oxidation sites excluding steroid dienone is 15. The van der Waals surface area contributed by atoms with Crippen molar-refractivity contribution in [2.45, 2.75) is 95.5 Å². The molecule has 5 heteroatoms. The van der Waals surface area contributed by atoms with Gasteiger partial charge in [0.25, 0.3) is 0 Å². The Labute approximate surface area is 384 Å². The molecule has 5 nitrogen and oxygen atoms in total. The molecule has 0 bridgehead atoms. The Morgan fingerprint density at radius 1 is 0.738 bits per heavy atom. The summed E-state index contributed by atoms with van der Waals surface area (Å²) in [4.78, 5) is 13.6. The molecule has 12 rings (SSSR count). The summed E-state index contributed by atoms with van der Waals surface area (Å²) in [7, 11) is 0. The minimum Gasteiger partial charge on any atom is -0.490 e. The van der Waals surface area contributed by atoms with Crippen molar-refractivity contribution in [3.05, 3.63) is 220 Å². The maximum Gasteiger partial charge on any atom is 0.159 e. The summed E-state index contributed by atoms with van der Waals surface area (Å²) < 4.78 is 7.63. The zero-order valence-corrected chi connectivity index (χ0v) is 37.8. The lowest BCUT2D eigenvalue weighted by Crippen LogP contribution is -2.46. The third-order valence-corrected chi connectivity index (χ3v) is 15.9. The van der Waals surface area contributed by atoms with Crippen molar-refractivity contribution < 1.29 is 4.74 Å². The van der Waals surface area contributed by atoms with Crippen LogP contribution in [0.15, 0.2) is 203 Å². The van der Waals surface area contributed by atoms with Crippen LogP contribution in [0.5, 0.6) is 0 Å². The van der Waals surface area contributed by atoms with E-state index >= 15 is 0 Å². The molecule has 0 spiro atoms. The molecule has 1 fully saturated rings. The lowest BCUT2D eigenvalue weighted by Gasteiger charge is -2.44. The van der Waals surface area contributed by atoms with Crippen LogP contribution in [0, 0.1) is 24.2 Å². The number of hydrogen-bond acceptors (Lipinski definition) is 5. The Morgan fingerprint density at radius 2 is 1.54 bits per heavy atom. The van der Waals surface area contributed by atoms with E-state index in [9.17, 15) is 0 Å². The van der Waals surface area contributed by atoms with E-state index in [1.54, 1.807) is 0 Å². The summed E-state index contributed by atoms with van der Waals surface area (Å²) in [5.41, 5.74) is 13.3. The molecule has 9 aliphatic rings. The lowest BCUT2D eigenvalue weighted by atomic mass is 9.59. The smallest absolute Gasteiger partial charge is 0.159 e. The van der Waals surface area contributed by atoms with Crippen LogP contribution in [0.3, 0.4) is 0 Å². The molecular formula is C60H58N4O. The van der Waals surface area contributed by atoms with Gasteiger partial charge >= 0.3 is 0 Å². The fraction of sp³-hybridized carbons (Fsp3) is 0.300. The SMILES string of the molecule is Cc1ccc(C2=NC(C3C=CC=CC3)NC(c3cc(-c4cccc(C5=CC=CCC5)c4)ccc3C3CC=CC4C5(C)CC6=C(C=C5OC34C)C3=CC=CCC3N6C3C=CC=CC3)=N2)cc1. The maximum absolute atomic E-state index is 7.63. The number of aliphatic imine (C=N–C) groups is 2. The van der Waals surface area contributed by atoms with Gasteiger partial charge in [0.1, 0.15) is 23.4 Å². The van der Waals surface area contributed by atoms with Gasteiger partial charge in [-0.2, -0.15) is 0 Å². The number of benzene rings is 3. The molecule has 3 aromatic carbocycles. The van der Waals surface area contributed by atoms with Crippen LogP contribution in [0.25, 0.3) is 16.7 Å². The molecule has 8 unspecified atom stereocenters. The molecule has 8 atom stereocenters. The van der Waals surface area contributed by atoms with Gasteiger partial charge in [0.05, 0.1) is 12.1 Å². The number of nitrogens with one attached hydrogen (secondary N) is 1. The molecule has 0 amide bonds. The van der Waals surface area contributed by atoms with Crippen molar-refractivity contribution in [2.75, 3.05) is 0 Å². The predicted molar refractivity (Wildman–Crippen MR) is 267 cm³/mol. The molecule has 324 valence electrons. The predicted octanol–water partition coefficient (Wildman–Crippen LogP) is 13.1. The number of aryl methyl sites for hydroxylation is 1. The zero-order chi connectivity index (χ0) is 43.7. The first-order valence-electron chi connectivity index (χ1n) is 24.1. The standard InChI is InChI=1S/C60H58N4O/c1-39-29-31-42(32-30-39)57-61-56(41-19-9-5-10-20-41)62-58(63-57)50-36-45(44-22-15-21-43(35-44)40-17-7-4-8-18-40)33-34-47(50)51-26-16-28-54-59(2)38-53-49(37-55(59)65-60(51,54)3)48-25-13-14-27-52(48)64(53)46-23-11-6-12-24-46/h4-7,9-17,19,21-23,25,28-37,41,46,51-52,54,56H,8,18,20,24,26-27,38H2,1-3H3,(H,61,62,63). The number of rotatable bonds is 7. The summed E-state index contributed by atoms with van der Waals surface area (Å²) in [5.74, 6) is 3.22. The highest BCUT2D eigenvalue weighted by molar-refractivity contribution is 6.14.